The second-order valence-corrected chi connectivity index (χ2v) is 5.81. The van der Waals surface area contributed by atoms with Gasteiger partial charge in [0.05, 0.1) is 18.9 Å². The van der Waals surface area contributed by atoms with Crippen LogP contribution in [0.2, 0.25) is 5.02 Å². The molecule has 8 heteroatoms. The number of ether oxygens (including phenoxy) is 1. The molecule has 132 valence electrons. The fourth-order valence-corrected chi connectivity index (χ4v) is 2.44. The van der Waals surface area contributed by atoms with Crippen LogP contribution in [0, 0.1) is 6.92 Å². The van der Waals surface area contributed by atoms with Gasteiger partial charge in [-0.25, -0.2) is 4.79 Å². The summed E-state index contributed by atoms with van der Waals surface area (Å²) in [5.74, 6) is 0.383. The van der Waals surface area contributed by atoms with Crippen molar-refractivity contribution in [3.8, 4) is 0 Å². The number of carbonyl (C=O) groups is 1. The summed E-state index contributed by atoms with van der Waals surface area (Å²) in [4.78, 5) is 16.0. The fourth-order valence-electron chi connectivity index (χ4n) is 2.27. The molecule has 0 radical (unpaired) electrons. The normalized spacial score (nSPS) is 10.3. The van der Waals surface area contributed by atoms with Crippen molar-refractivity contribution in [3.05, 3.63) is 64.8 Å². The second kappa shape index (κ2) is 7.79. The summed E-state index contributed by atoms with van der Waals surface area (Å²) in [6, 6.07) is 12.4. The molecule has 0 unspecified atom stereocenters. The first kappa shape index (κ1) is 17.6. The van der Waals surface area contributed by atoms with Crippen LogP contribution in [0.15, 0.2) is 48.7 Å². The Morgan fingerprint density at radius 2 is 1.96 bits per heavy atom. The van der Waals surface area contributed by atoms with Crippen molar-refractivity contribution >= 4 is 40.7 Å². The molecular weight excluding hydrogens is 354 g/mol. The summed E-state index contributed by atoms with van der Waals surface area (Å²) in [5, 5.41) is 14.7. The number of methoxy groups -OCH3 is 1. The lowest BCUT2D eigenvalue weighted by Crippen LogP contribution is -2.05. The molecule has 0 atom stereocenters. The minimum Gasteiger partial charge on any atom is -0.465 e. The Labute approximate surface area is 155 Å². The van der Waals surface area contributed by atoms with E-state index >= 15 is 0 Å². The number of carbonyl (C=O) groups excluding carboxylic acids is 1. The van der Waals surface area contributed by atoms with Crippen LogP contribution in [-0.2, 0) is 4.74 Å². The van der Waals surface area contributed by atoms with Crippen LogP contribution >= 0.6 is 11.6 Å². The third kappa shape index (κ3) is 4.07. The molecule has 0 spiro atoms. The van der Waals surface area contributed by atoms with Crippen LogP contribution in [0.25, 0.3) is 0 Å². The van der Waals surface area contributed by atoms with Gasteiger partial charge in [-0.1, -0.05) is 23.7 Å². The monoisotopic (exact) mass is 369 g/mol. The van der Waals surface area contributed by atoms with E-state index in [2.05, 4.69) is 25.8 Å². The number of nitrogens with one attached hydrogen (secondary N) is 2. The van der Waals surface area contributed by atoms with Gasteiger partial charge in [-0.3, -0.25) is 0 Å². The fraction of sp³-hybridized carbons (Fsp3) is 0.111. The Morgan fingerprint density at radius 1 is 1.15 bits per heavy atom. The molecule has 0 aliphatic heterocycles. The van der Waals surface area contributed by atoms with Gasteiger partial charge in [-0.2, -0.15) is 10.1 Å². The lowest BCUT2D eigenvalue weighted by Gasteiger charge is -2.11. The molecule has 3 rings (SSSR count). The zero-order valence-electron chi connectivity index (χ0n) is 14.2. The van der Waals surface area contributed by atoms with Crippen LogP contribution in [0.5, 0.6) is 0 Å². The predicted octanol–water partition coefficient (Wildman–Crippen LogP) is 4.11. The van der Waals surface area contributed by atoms with Gasteiger partial charge in [0, 0.05) is 16.4 Å². The maximum atomic E-state index is 11.6. The van der Waals surface area contributed by atoms with Crippen LogP contribution in [0.4, 0.5) is 23.1 Å². The van der Waals surface area contributed by atoms with Crippen LogP contribution < -0.4 is 10.6 Å². The van der Waals surface area contributed by atoms with Crippen molar-refractivity contribution in [2.75, 3.05) is 17.7 Å². The minimum absolute atomic E-state index is 0.289. The van der Waals surface area contributed by atoms with Gasteiger partial charge in [0.15, 0.2) is 5.82 Å². The SMILES string of the molecule is COC(=O)c1cccc(Nc2nncc(Nc3cccc(Cl)c3C)n2)c1. The van der Waals surface area contributed by atoms with E-state index in [1.165, 1.54) is 13.3 Å². The zero-order valence-corrected chi connectivity index (χ0v) is 14.9. The van der Waals surface area contributed by atoms with E-state index in [0.717, 1.165) is 11.3 Å². The summed E-state index contributed by atoms with van der Waals surface area (Å²) in [6.45, 7) is 1.91. The summed E-state index contributed by atoms with van der Waals surface area (Å²) < 4.78 is 4.72. The molecule has 0 fully saturated rings. The molecule has 0 saturated heterocycles. The molecule has 0 bridgehead atoms. The number of halogens is 1. The van der Waals surface area contributed by atoms with Crippen LogP contribution in [0.1, 0.15) is 15.9 Å². The number of hydrogen-bond donors (Lipinski definition) is 2. The Bertz CT molecular complexity index is 948. The molecule has 26 heavy (non-hydrogen) atoms. The predicted molar refractivity (Wildman–Crippen MR) is 100 cm³/mol. The van der Waals surface area contributed by atoms with E-state index in [-0.39, 0.29) is 5.95 Å². The van der Waals surface area contributed by atoms with Gasteiger partial charge >= 0.3 is 5.97 Å². The molecule has 0 amide bonds. The zero-order chi connectivity index (χ0) is 18.5. The minimum atomic E-state index is -0.417. The summed E-state index contributed by atoms with van der Waals surface area (Å²) in [7, 11) is 1.34. The first-order chi connectivity index (χ1) is 12.6. The number of esters is 1. The van der Waals surface area contributed by atoms with E-state index < -0.39 is 5.97 Å². The Morgan fingerprint density at radius 3 is 2.77 bits per heavy atom. The van der Waals surface area contributed by atoms with Crippen LogP contribution in [-0.4, -0.2) is 28.3 Å². The highest BCUT2D eigenvalue weighted by Gasteiger charge is 2.08. The van der Waals surface area contributed by atoms with Crippen molar-refractivity contribution in [1.82, 2.24) is 15.2 Å². The van der Waals surface area contributed by atoms with E-state index in [0.29, 0.717) is 22.1 Å². The standard InChI is InChI=1S/C18H16ClN5O2/c1-11-14(19)7-4-8-15(11)22-16-10-20-24-18(23-16)21-13-6-3-5-12(9-13)17(25)26-2/h3-10H,1-2H3,(H2,21,22,23,24). The van der Waals surface area contributed by atoms with Crippen molar-refractivity contribution in [2.24, 2.45) is 0 Å². The van der Waals surface area contributed by atoms with Crippen molar-refractivity contribution in [1.29, 1.82) is 0 Å². The largest absolute Gasteiger partial charge is 0.465 e. The van der Waals surface area contributed by atoms with E-state index in [4.69, 9.17) is 16.3 Å². The van der Waals surface area contributed by atoms with E-state index in [9.17, 15) is 4.79 Å². The number of nitrogens with zero attached hydrogens (tertiary/aromatic N) is 3. The second-order valence-electron chi connectivity index (χ2n) is 5.40. The van der Waals surface area contributed by atoms with Crippen molar-refractivity contribution < 1.29 is 9.53 Å². The number of anilines is 4. The van der Waals surface area contributed by atoms with Crippen LogP contribution in [0.3, 0.4) is 0 Å². The lowest BCUT2D eigenvalue weighted by atomic mass is 10.2. The Balaban J connectivity index is 1.80. The molecule has 1 aromatic heterocycles. The molecule has 7 nitrogen and oxygen atoms in total. The maximum Gasteiger partial charge on any atom is 0.337 e. The first-order valence-corrected chi connectivity index (χ1v) is 8.12. The lowest BCUT2D eigenvalue weighted by molar-refractivity contribution is 0.0601. The average Bonchev–Trinajstić information content (AvgIpc) is 2.65. The highest BCUT2D eigenvalue weighted by Crippen LogP contribution is 2.25. The highest BCUT2D eigenvalue weighted by molar-refractivity contribution is 6.31. The maximum absolute atomic E-state index is 11.6. The number of hydrogen-bond acceptors (Lipinski definition) is 7. The summed E-state index contributed by atoms with van der Waals surface area (Å²) in [6.07, 6.45) is 1.51. The molecule has 2 aromatic carbocycles. The quantitative estimate of drug-likeness (QED) is 0.654. The molecular formula is C18H16ClN5O2. The summed E-state index contributed by atoms with van der Waals surface area (Å²) in [5.41, 5.74) is 2.81. The Kier molecular flexibility index (Phi) is 5.28. The van der Waals surface area contributed by atoms with E-state index in [1.807, 2.05) is 25.1 Å². The van der Waals surface area contributed by atoms with Gasteiger partial charge in [0.1, 0.15) is 0 Å². The molecule has 1 heterocycles. The van der Waals surface area contributed by atoms with E-state index in [1.54, 1.807) is 24.3 Å². The summed E-state index contributed by atoms with van der Waals surface area (Å²) >= 11 is 6.13. The third-order valence-electron chi connectivity index (χ3n) is 3.63. The molecule has 0 saturated carbocycles. The number of rotatable bonds is 5. The number of aromatic nitrogens is 3. The topological polar surface area (TPSA) is 89.0 Å². The smallest absolute Gasteiger partial charge is 0.337 e. The van der Waals surface area contributed by atoms with Gasteiger partial charge in [-0.05, 0) is 42.8 Å². The van der Waals surface area contributed by atoms with Gasteiger partial charge < -0.3 is 15.4 Å². The van der Waals surface area contributed by atoms with Crippen molar-refractivity contribution in [2.45, 2.75) is 6.92 Å². The molecule has 0 aliphatic carbocycles. The van der Waals surface area contributed by atoms with Gasteiger partial charge in [0.2, 0.25) is 5.95 Å². The number of benzene rings is 2. The van der Waals surface area contributed by atoms with Crippen molar-refractivity contribution in [3.63, 3.8) is 0 Å². The molecule has 0 aliphatic rings. The average molecular weight is 370 g/mol. The van der Waals surface area contributed by atoms with Gasteiger partial charge in [0.25, 0.3) is 0 Å². The first-order valence-electron chi connectivity index (χ1n) is 7.74. The molecule has 3 aromatic rings. The third-order valence-corrected chi connectivity index (χ3v) is 4.04. The van der Waals surface area contributed by atoms with Gasteiger partial charge in [-0.15, -0.1) is 5.10 Å². The highest BCUT2D eigenvalue weighted by atomic mass is 35.5. The molecule has 2 N–H and O–H groups in total. The Hall–Kier alpha value is -3.19.